The van der Waals surface area contributed by atoms with E-state index in [0.29, 0.717) is 0 Å². The Labute approximate surface area is 107 Å². The highest BCUT2D eigenvalue weighted by Crippen LogP contribution is 2.34. The minimum Gasteiger partial charge on any atom is -0.377 e. The molecule has 0 bridgehead atoms. The van der Waals surface area contributed by atoms with Crippen molar-refractivity contribution in [2.45, 2.75) is 13.0 Å². The summed E-state index contributed by atoms with van der Waals surface area (Å²) in [5.74, 6) is 0. The Bertz CT molecular complexity index is 655. The summed E-state index contributed by atoms with van der Waals surface area (Å²) in [4.78, 5) is 0. The summed E-state index contributed by atoms with van der Waals surface area (Å²) in [6.45, 7) is 10.3. The normalized spacial score (nSPS) is 18.8. The van der Waals surface area contributed by atoms with Gasteiger partial charge in [-0.1, -0.05) is 49.6 Å². The molecular weight excluding hydrogens is 220 g/mol. The zero-order chi connectivity index (χ0) is 12.7. The zero-order valence-electron chi connectivity index (χ0n) is 10.5. The number of rotatable bonds is 0. The van der Waals surface area contributed by atoms with Gasteiger partial charge < -0.3 is 10.6 Å². The smallest absolute Gasteiger partial charge is 0.0629 e. The van der Waals surface area contributed by atoms with Crippen molar-refractivity contribution < 1.29 is 0 Å². The van der Waals surface area contributed by atoms with E-state index >= 15 is 0 Å². The van der Waals surface area contributed by atoms with E-state index in [4.69, 9.17) is 0 Å². The molecule has 2 heteroatoms. The number of hydrogen-bond acceptors (Lipinski definition) is 2. The van der Waals surface area contributed by atoms with Crippen LogP contribution in [0.3, 0.4) is 0 Å². The quantitative estimate of drug-likeness (QED) is 0.728. The summed E-state index contributed by atoms with van der Waals surface area (Å²) in [6, 6.07) is 12.7. The van der Waals surface area contributed by atoms with Gasteiger partial charge in [0, 0.05) is 22.3 Å². The molecule has 0 amide bonds. The Hall–Kier alpha value is -2.22. The third-order valence-electron chi connectivity index (χ3n) is 3.45. The number of anilines is 1. The van der Waals surface area contributed by atoms with Gasteiger partial charge in [0.15, 0.2) is 0 Å². The minimum absolute atomic E-state index is 0.170. The first-order valence-corrected chi connectivity index (χ1v) is 6.10. The first-order chi connectivity index (χ1) is 8.66. The largest absolute Gasteiger partial charge is 0.377 e. The number of hydrogen-bond donors (Lipinski definition) is 2. The maximum Gasteiger partial charge on any atom is 0.0629 e. The van der Waals surface area contributed by atoms with Gasteiger partial charge in [-0.05, 0) is 12.3 Å². The molecule has 90 valence electrons. The first-order valence-electron chi connectivity index (χ1n) is 6.10. The third kappa shape index (κ3) is 1.58. The second-order valence-corrected chi connectivity index (χ2v) is 4.70. The predicted octanol–water partition coefficient (Wildman–Crippen LogP) is 3.73. The maximum absolute atomic E-state index is 4.11. The molecule has 1 heterocycles. The molecule has 0 aliphatic carbocycles. The fraction of sp³-hybridized carbons (Fsp3) is 0.125. The van der Waals surface area contributed by atoms with Gasteiger partial charge in [0.05, 0.1) is 11.7 Å². The van der Waals surface area contributed by atoms with Gasteiger partial charge in [-0.2, -0.15) is 0 Å². The van der Waals surface area contributed by atoms with Crippen LogP contribution in [0.4, 0.5) is 5.69 Å². The van der Waals surface area contributed by atoms with Crippen LogP contribution in [0.25, 0.3) is 16.5 Å². The van der Waals surface area contributed by atoms with Gasteiger partial charge in [0.25, 0.3) is 0 Å². The van der Waals surface area contributed by atoms with E-state index < -0.39 is 0 Å². The number of benzene rings is 2. The Balaban J connectivity index is 2.30. The van der Waals surface area contributed by atoms with E-state index in [1.165, 1.54) is 10.8 Å². The van der Waals surface area contributed by atoms with E-state index in [2.05, 4.69) is 67.1 Å². The standard InChI is InChI=1S/C16H16N2/c1-10-11(2)18-16-14(12(3)17-10)9-8-13-6-4-5-7-15(13)16/h4-10,17-18H,2-3H2,1H3. The van der Waals surface area contributed by atoms with Crippen LogP contribution in [0.1, 0.15) is 12.5 Å². The molecule has 0 fully saturated rings. The summed E-state index contributed by atoms with van der Waals surface area (Å²) in [6.07, 6.45) is 0. The topological polar surface area (TPSA) is 24.1 Å². The molecule has 1 aliphatic heterocycles. The maximum atomic E-state index is 4.11. The van der Waals surface area contributed by atoms with E-state index in [1.54, 1.807) is 0 Å². The zero-order valence-corrected chi connectivity index (χ0v) is 10.5. The lowest BCUT2D eigenvalue weighted by Crippen LogP contribution is -2.25. The van der Waals surface area contributed by atoms with Crippen molar-refractivity contribution in [3.63, 3.8) is 0 Å². The highest BCUT2D eigenvalue weighted by atomic mass is 15.0. The van der Waals surface area contributed by atoms with Crippen LogP contribution in [0.15, 0.2) is 55.3 Å². The van der Waals surface area contributed by atoms with Crippen LogP contribution < -0.4 is 10.6 Å². The molecule has 1 atom stereocenters. The fourth-order valence-electron chi connectivity index (χ4n) is 2.35. The van der Waals surface area contributed by atoms with Crippen LogP contribution in [-0.4, -0.2) is 6.04 Å². The van der Waals surface area contributed by atoms with E-state index in [9.17, 15) is 0 Å². The van der Waals surface area contributed by atoms with E-state index in [1.807, 2.05) is 0 Å². The molecule has 2 aromatic rings. The first kappa shape index (κ1) is 10.9. The van der Waals surface area contributed by atoms with Crippen molar-refractivity contribution in [1.29, 1.82) is 0 Å². The molecule has 0 aromatic heterocycles. The molecule has 18 heavy (non-hydrogen) atoms. The van der Waals surface area contributed by atoms with E-state index in [0.717, 1.165) is 22.6 Å². The van der Waals surface area contributed by atoms with Gasteiger partial charge in [-0.3, -0.25) is 0 Å². The molecule has 1 aliphatic rings. The van der Waals surface area contributed by atoms with Crippen molar-refractivity contribution in [3.05, 3.63) is 60.8 Å². The molecule has 0 spiro atoms. The molecule has 0 radical (unpaired) electrons. The molecule has 2 N–H and O–H groups in total. The SMILES string of the molecule is C=C1NC(C)C(=C)Nc2c1ccc1ccccc21. The van der Waals surface area contributed by atoms with Gasteiger partial charge in [-0.25, -0.2) is 0 Å². The number of nitrogens with one attached hydrogen (secondary N) is 2. The Morgan fingerprint density at radius 3 is 2.67 bits per heavy atom. The van der Waals surface area contributed by atoms with Gasteiger partial charge >= 0.3 is 0 Å². The number of fused-ring (bicyclic) bond motifs is 3. The Morgan fingerprint density at radius 2 is 1.83 bits per heavy atom. The highest BCUT2D eigenvalue weighted by molar-refractivity contribution is 6.00. The van der Waals surface area contributed by atoms with Gasteiger partial charge in [-0.15, -0.1) is 0 Å². The predicted molar refractivity (Wildman–Crippen MR) is 78.3 cm³/mol. The van der Waals surface area contributed by atoms with Crippen LogP contribution in [-0.2, 0) is 0 Å². The molecule has 0 saturated heterocycles. The minimum atomic E-state index is 0.170. The summed E-state index contributed by atoms with van der Waals surface area (Å²) in [5, 5.41) is 9.21. The van der Waals surface area contributed by atoms with E-state index in [-0.39, 0.29) is 6.04 Å². The third-order valence-corrected chi connectivity index (χ3v) is 3.45. The second-order valence-electron chi connectivity index (χ2n) is 4.70. The molecule has 2 nitrogen and oxygen atoms in total. The molecule has 2 aromatic carbocycles. The Kier molecular flexibility index (Phi) is 2.37. The summed E-state index contributed by atoms with van der Waals surface area (Å²) in [7, 11) is 0. The van der Waals surface area contributed by atoms with Crippen molar-refractivity contribution in [1.82, 2.24) is 5.32 Å². The average Bonchev–Trinajstić information content (AvgIpc) is 2.48. The second kappa shape index (κ2) is 3.91. The summed E-state index contributed by atoms with van der Waals surface area (Å²) < 4.78 is 0. The summed E-state index contributed by atoms with van der Waals surface area (Å²) >= 11 is 0. The lowest BCUT2D eigenvalue weighted by atomic mass is 10.0. The molecule has 0 saturated carbocycles. The van der Waals surface area contributed by atoms with Crippen molar-refractivity contribution >= 4 is 22.2 Å². The van der Waals surface area contributed by atoms with Gasteiger partial charge in [0.2, 0.25) is 0 Å². The van der Waals surface area contributed by atoms with Crippen molar-refractivity contribution in [2.75, 3.05) is 5.32 Å². The van der Waals surface area contributed by atoms with Crippen molar-refractivity contribution in [3.8, 4) is 0 Å². The Morgan fingerprint density at radius 1 is 1.06 bits per heavy atom. The monoisotopic (exact) mass is 236 g/mol. The molecular formula is C16H16N2. The van der Waals surface area contributed by atoms with Gasteiger partial charge in [0.1, 0.15) is 0 Å². The lowest BCUT2D eigenvalue weighted by Gasteiger charge is -2.14. The van der Waals surface area contributed by atoms with Crippen LogP contribution in [0.2, 0.25) is 0 Å². The van der Waals surface area contributed by atoms with Crippen LogP contribution >= 0.6 is 0 Å². The summed E-state index contributed by atoms with van der Waals surface area (Å²) in [5.41, 5.74) is 4.11. The van der Waals surface area contributed by atoms with Crippen LogP contribution in [0, 0.1) is 0 Å². The molecule has 3 rings (SSSR count). The highest BCUT2D eigenvalue weighted by Gasteiger charge is 2.18. The lowest BCUT2D eigenvalue weighted by molar-refractivity contribution is 0.758. The molecule has 1 unspecified atom stereocenters. The van der Waals surface area contributed by atoms with Crippen molar-refractivity contribution in [2.24, 2.45) is 0 Å². The van der Waals surface area contributed by atoms with Crippen LogP contribution in [0.5, 0.6) is 0 Å². The average molecular weight is 236 g/mol. The fourth-order valence-corrected chi connectivity index (χ4v) is 2.35.